The van der Waals surface area contributed by atoms with Crippen LogP contribution >= 0.6 is 23.1 Å². The Labute approximate surface area is 186 Å². The number of likely N-dealkylation sites (tertiary alicyclic amines) is 1. The van der Waals surface area contributed by atoms with Crippen molar-refractivity contribution in [2.24, 2.45) is 0 Å². The summed E-state index contributed by atoms with van der Waals surface area (Å²) in [6.45, 7) is 1.28. The number of nitrogens with zero attached hydrogens (tertiary/aromatic N) is 4. The van der Waals surface area contributed by atoms with Gasteiger partial charge >= 0.3 is 0 Å². The van der Waals surface area contributed by atoms with Gasteiger partial charge in [-0.25, -0.2) is 14.5 Å². The maximum absolute atomic E-state index is 13.0. The third-order valence-electron chi connectivity index (χ3n) is 5.10. The zero-order valence-electron chi connectivity index (χ0n) is 16.8. The molecule has 0 saturated carbocycles. The molecule has 0 radical (unpaired) electrons. The Morgan fingerprint density at radius 1 is 1.26 bits per heavy atom. The van der Waals surface area contributed by atoms with Crippen molar-refractivity contribution in [1.29, 1.82) is 0 Å². The average Bonchev–Trinajstić information content (AvgIpc) is 3.45. The first-order valence-electron chi connectivity index (χ1n) is 9.77. The number of hydrogen-bond acceptors (Lipinski definition) is 7. The highest BCUT2D eigenvalue weighted by Crippen LogP contribution is 2.30. The number of rotatable bonds is 6. The molecule has 1 fully saturated rings. The molecule has 1 aliphatic rings. The van der Waals surface area contributed by atoms with Crippen LogP contribution in [0.25, 0.3) is 0 Å². The number of halogens is 1. The Balaban J connectivity index is 1.30. The number of nitrogens with one attached hydrogen (secondary N) is 2. The van der Waals surface area contributed by atoms with Gasteiger partial charge in [0, 0.05) is 24.4 Å². The summed E-state index contributed by atoms with van der Waals surface area (Å²) < 4.78 is 13.0. The van der Waals surface area contributed by atoms with Crippen molar-refractivity contribution >= 4 is 40.9 Å². The zero-order valence-corrected chi connectivity index (χ0v) is 18.4. The van der Waals surface area contributed by atoms with Crippen LogP contribution in [0.5, 0.6) is 0 Å². The molecule has 3 heterocycles. The Morgan fingerprint density at radius 2 is 2.00 bits per heavy atom. The third-order valence-corrected chi connectivity index (χ3v) is 6.65. The highest BCUT2D eigenvalue weighted by atomic mass is 32.2. The summed E-state index contributed by atoms with van der Waals surface area (Å²) in [7, 11) is 0. The molecule has 0 bridgehead atoms. The molecule has 0 spiro atoms. The van der Waals surface area contributed by atoms with E-state index in [0.29, 0.717) is 23.9 Å². The number of piperidine rings is 1. The molecule has 0 atom stereocenters. The van der Waals surface area contributed by atoms with Crippen LogP contribution in [0, 0.1) is 5.82 Å². The van der Waals surface area contributed by atoms with Crippen LogP contribution in [-0.4, -0.2) is 56.2 Å². The fraction of sp³-hybridized carbons (Fsp3) is 0.350. The predicted molar refractivity (Wildman–Crippen MR) is 117 cm³/mol. The predicted octanol–water partition coefficient (Wildman–Crippen LogP) is 3.32. The summed E-state index contributed by atoms with van der Waals surface area (Å²) in [6, 6.07) is 6.02. The van der Waals surface area contributed by atoms with E-state index in [0.717, 1.165) is 23.4 Å². The van der Waals surface area contributed by atoms with Gasteiger partial charge in [0.1, 0.15) is 11.5 Å². The lowest BCUT2D eigenvalue weighted by Gasteiger charge is -2.31. The molecule has 1 aromatic carbocycles. The Hall–Kier alpha value is -2.79. The number of aromatic nitrogens is 4. The molecule has 31 heavy (non-hydrogen) atoms. The second-order valence-electron chi connectivity index (χ2n) is 7.15. The minimum Gasteiger partial charge on any atom is -0.342 e. The number of benzene rings is 1. The van der Waals surface area contributed by atoms with E-state index in [1.165, 1.54) is 35.2 Å². The second-order valence-corrected chi connectivity index (χ2v) is 8.82. The molecule has 2 aromatic heterocycles. The fourth-order valence-electron chi connectivity index (χ4n) is 3.41. The number of carbonyl (C=O) groups excluding carboxylic acids is 2. The van der Waals surface area contributed by atoms with E-state index in [2.05, 4.69) is 25.5 Å². The van der Waals surface area contributed by atoms with Gasteiger partial charge in [0.15, 0.2) is 0 Å². The molecule has 2 amide bonds. The minimum absolute atomic E-state index is 0.0425. The second kappa shape index (κ2) is 9.56. The molecular formula is C20H21FN6O2S2. The highest BCUT2D eigenvalue weighted by Gasteiger charge is 2.26. The first-order valence-corrected chi connectivity index (χ1v) is 11.9. The van der Waals surface area contributed by atoms with Gasteiger partial charge in [0.2, 0.25) is 17.0 Å². The van der Waals surface area contributed by atoms with Crippen LogP contribution < -0.4 is 5.32 Å². The molecule has 8 nitrogen and oxygen atoms in total. The Kier molecular flexibility index (Phi) is 6.62. The molecule has 1 saturated heterocycles. The number of H-pyrrole nitrogens is 1. The summed E-state index contributed by atoms with van der Waals surface area (Å²) in [6.07, 6.45) is 3.71. The molecule has 0 aliphatic carbocycles. The van der Waals surface area contributed by atoms with Crippen LogP contribution in [0.2, 0.25) is 0 Å². The molecule has 1 aliphatic heterocycles. The van der Waals surface area contributed by atoms with E-state index in [9.17, 15) is 14.0 Å². The van der Waals surface area contributed by atoms with Gasteiger partial charge in [-0.2, -0.15) is 4.98 Å². The first kappa shape index (κ1) is 21.4. The first-order chi connectivity index (χ1) is 15.0. The number of thiazole rings is 1. The van der Waals surface area contributed by atoms with Gasteiger partial charge in [-0.1, -0.05) is 23.9 Å². The summed E-state index contributed by atoms with van der Waals surface area (Å²) in [5, 5.41) is 12.5. The molecular weight excluding hydrogens is 439 g/mol. The van der Waals surface area contributed by atoms with Gasteiger partial charge in [-0.15, -0.1) is 16.4 Å². The van der Waals surface area contributed by atoms with E-state index < -0.39 is 0 Å². The molecule has 162 valence electrons. The lowest BCUT2D eigenvalue weighted by molar-refractivity contribution is -0.131. The average molecular weight is 461 g/mol. The van der Waals surface area contributed by atoms with Crippen molar-refractivity contribution in [2.45, 2.75) is 30.3 Å². The van der Waals surface area contributed by atoms with E-state index in [1.54, 1.807) is 17.5 Å². The van der Waals surface area contributed by atoms with Crippen molar-refractivity contribution in [3.8, 4) is 0 Å². The van der Waals surface area contributed by atoms with Crippen LogP contribution in [0.4, 0.5) is 10.3 Å². The smallest absolute Gasteiger partial charge is 0.277 e. The number of thioether (sulfide) groups is 1. The summed E-state index contributed by atoms with van der Waals surface area (Å²) >= 11 is 2.83. The summed E-state index contributed by atoms with van der Waals surface area (Å²) in [5.41, 5.74) is 1.15. The van der Waals surface area contributed by atoms with Crippen molar-refractivity contribution in [2.75, 3.05) is 24.7 Å². The maximum Gasteiger partial charge on any atom is 0.277 e. The van der Waals surface area contributed by atoms with E-state index in [4.69, 9.17) is 0 Å². The van der Waals surface area contributed by atoms with Gasteiger partial charge in [0.25, 0.3) is 5.91 Å². The number of hydrogen-bond donors (Lipinski definition) is 2. The van der Waals surface area contributed by atoms with Gasteiger partial charge in [-0.3, -0.25) is 14.9 Å². The van der Waals surface area contributed by atoms with Crippen molar-refractivity contribution in [3.05, 3.63) is 51.7 Å². The van der Waals surface area contributed by atoms with Gasteiger partial charge < -0.3 is 4.90 Å². The molecule has 2 N–H and O–H groups in total. The highest BCUT2D eigenvalue weighted by molar-refractivity contribution is 7.98. The zero-order chi connectivity index (χ0) is 21.8. The van der Waals surface area contributed by atoms with Crippen molar-refractivity contribution < 1.29 is 14.0 Å². The van der Waals surface area contributed by atoms with Crippen LogP contribution in [0.15, 0.2) is 34.8 Å². The van der Waals surface area contributed by atoms with Gasteiger partial charge in [-0.05, 0) is 36.8 Å². The van der Waals surface area contributed by atoms with Crippen LogP contribution in [0.3, 0.4) is 0 Å². The molecule has 3 aromatic rings. The summed E-state index contributed by atoms with van der Waals surface area (Å²) in [4.78, 5) is 35.4. The number of carbonyl (C=O) groups is 2. The number of anilines is 1. The number of amides is 2. The maximum atomic E-state index is 13.0. The van der Waals surface area contributed by atoms with E-state index >= 15 is 0 Å². The molecule has 4 rings (SSSR count). The quantitative estimate of drug-likeness (QED) is 0.547. The fourth-order valence-corrected chi connectivity index (χ4v) is 4.70. The summed E-state index contributed by atoms with van der Waals surface area (Å²) in [5.74, 6) is -0.0927. The van der Waals surface area contributed by atoms with Gasteiger partial charge in [0.05, 0.1) is 11.4 Å². The SMILES string of the molecule is CSc1n[nH]c(NC(=O)c2csc(C3CCN(C(=O)Cc4ccc(F)cc4)CC3)n2)n1. The molecule has 11 heteroatoms. The van der Waals surface area contributed by atoms with Crippen molar-refractivity contribution in [3.63, 3.8) is 0 Å². The van der Waals surface area contributed by atoms with Crippen LogP contribution in [-0.2, 0) is 11.2 Å². The van der Waals surface area contributed by atoms with E-state index in [-0.39, 0.29) is 35.9 Å². The van der Waals surface area contributed by atoms with Crippen LogP contribution in [0.1, 0.15) is 39.8 Å². The van der Waals surface area contributed by atoms with E-state index in [1.807, 2.05) is 11.2 Å². The third kappa shape index (κ3) is 5.28. The topological polar surface area (TPSA) is 104 Å². The largest absolute Gasteiger partial charge is 0.342 e. The van der Waals surface area contributed by atoms with Crippen molar-refractivity contribution in [1.82, 2.24) is 25.1 Å². The normalized spacial score (nSPS) is 14.6. The Morgan fingerprint density at radius 3 is 2.68 bits per heavy atom. The monoisotopic (exact) mass is 460 g/mol. The molecule has 0 unspecified atom stereocenters. The lowest BCUT2D eigenvalue weighted by Crippen LogP contribution is -2.38. The standard InChI is InChI=1S/C20H21FN6O2S2/c1-30-20-24-19(25-26-20)23-17(29)15-11-31-18(22-15)13-6-8-27(9-7-13)16(28)10-12-2-4-14(21)5-3-12/h2-5,11,13H,6-10H2,1H3,(H2,23,24,25,26,29). The Bertz CT molecular complexity index is 1060. The lowest BCUT2D eigenvalue weighted by atomic mass is 9.97. The minimum atomic E-state index is -0.335. The number of aromatic amines is 1.